The number of thiazole rings is 1. The van der Waals surface area contributed by atoms with Crippen molar-refractivity contribution in [1.82, 2.24) is 9.71 Å². The van der Waals surface area contributed by atoms with Crippen LogP contribution < -0.4 is 10.0 Å². The van der Waals surface area contributed by atoms with Gasteiger partial charge in [-0.15, -0.1) is 11.3 Å². The molecule has 2 N–H and O–H groups in total. The van der Waals surface area contributed by atoms with E-state index in [1.807, 2.05) is 0 Å². The van der Waals surface area contributed by atoms with E-state index in [9.17, 15) is 22.0 Å². The summed E-state index contributed by atoms with van der Waals surface area (Å²) in [5, 5.41) is 4.66. The van der Waals surface area contributed by atoms with Crippen molar-refractivity contribution in [3.05, 3.63) is 65.5 Å². The summed E-state index contributed by atoms with van der Waals surface area (Å²) in [5.41, 5.74) is 1.31. The number of nitrogens with zero attached hydrogens (tertiary/aromatic N) is 1. The van der Waals surface area contributed by atoms with Gasteiger partial charge in [0.15, 0.2) is 5.13 Å². The fourth-order valence-corrected chi connectivity index (χ4v) is 4.03. The molecule has 6 nitrogen and oxygen atoms in total. The number of nitrogens with one attached hydrogen (secondary N) is 2. The van der Waals surface area contributed by atoms with E-state index in [4.69, 9.17) is 0 Å². The van der Waals surface area contributed by atoms with E-state index in [-0.39, 0.29) is 23.7 Å². The Kier molecular flexibility index (Phi) is 6.12. The Bertz CT molecular complexity index is 1070. The Labute approximate surface area is 164 Å². The minimum absolute atomic E-state index is 0.0850. The molecule has 0 fully saturated rings. The number of amides is 1. The van der Waals surface area contributed by atoms with Gasteiger partial charge in [0.1, 0.15) is 11.6 Å². The van der Waals surface area contributed by atoms with Crippen LogP contribution in [0.1, 0.15) is 6.42 Å². The zero-order chi connectivity index (χ0) is 20.1. The lowest BCUT2D eigenvalue weighted by atomic mass is 10.2. The summed E-state index contributed by atoms with van der Waals surface area (Å²) in [6.07, 6.45) is -0.105. The molecule has 146 valence electrons. The summed E-state index contributed by atoms with van der Waals surface area (Å²) in [7, 11) is -3.82. The highest BCUT2D eigenvalue weighted by molar-refractivity contribution is 7.89. The molecule has 0 aliphatic heterocycles. The van der Waals surface area contributed by atoms with Crippen molar-refractivity contribution in [2.45, 2.75) is 11.3 Å². The van der Waals surface area contributed by atoms with Gasteiger partial charge in [-0.05, 0) is 48.5 Å². The van der Waals surface area contributed by atoms with Gasteiger partial charge in [-0.3, -0.25) is 4.79 Å². The number of sulfonamides is 1. The molecule has 28 heavy (non-hydrogen) atoms. The molecule has 2 aromatic carbocycles. The van der Waals surface area contributed by atoms with Gasteiger partial charge >= 0.3 is 0 Å². The maximum atomic E-state index is 13.0. The molecule has 3 aromatic rings. The van der Waals surface area contributed by atoms with Crippen LogP contribution in [0.5, 0.6) is 0 Å². The summed E-state index contributed by atoms with van der Waals surface area (Å²) in [6, 6.07) is 10.2. The van der Waals surface area contributed by atoms with Crippen LogP contribution in [0.2, 0.25) is 0 Å². The largest absolute Gasteiger partial charge is 0.302 e. The van der Waals surface area contributed by atoms with Crippen LogP contribution in [-0.2, 0) is 14.8 Å². The van der Waals surface area contributed by atoms with E-state index in [0.29, 0.717) is 16.4 Å². The second kappa shape index (κ2) is 8.55. The summed E-state index contributed by atoms with van der Waals surface area (Å²) >= 11 is 1.20. The average Bonchev–Trinajstić information content (AvgIpc) is 3.11. The van der Waals surface area contributed by atoms with Crippen LogP contribution in [0, 0.1) is 11.6 Å². The van der Waals surface area contributed by atoms with Crippen LogP contribution in [0.3, 0.4) is 0 Å². The molecule has 0 atom stereocenters. The predicted molar refractivity (Wildman–Crippen MR) is 102 cm³/mol. The van der Waals surface area contributed by atoms with Crippen LogP contribution in [0.4, 0.5) is 13.9 Å². The smallest absolute Gasteiger partial charge is 0.240 e. The van der Waals surface area contributed by atoms with Crippen molar-refractivity contribution in [3.63, 3.8) is 0 Å². The van der Waals surface area contributed by atoms with Crippen molar-refractivity contribution in [2.75, 3.05) is 11.9 Å². The zero-order valence-electron chi connectivity index (χ0n) is 14.4. The first-order chi connectivity index (χ1) is 13.3. The molecule has 0 spiro atoms. The van der Waals surface area contributed by atoms with Crippen molar-refractivity contribution in [2.24, 2.45) is 0 Å². The average molecular weight is 423 g/mol. The Morgan fingerprint density at radius 2 is 1.61 bits per heavy atom. The molecule has 1 amide bonds. The van der Waals surface area contributed by atoms with Gasteiger partial charge in [0.25, 0.3) is 0 Å². The molecule has 0 aliphatic rings. The predicted octanol–water partition coefficient (Wildman–Crippen LogP) is 3.40. The quantitative estimate of drug-likeness (QED) is 0.610. The number of halogens is 2. The second-order valence-electron chi connectivity index (χ2n) is 5.69. The molecule has 10 heteroatoms. The maximum absolute atomic E-state index is 13.0. The molecule has 0 unspecified atom stereocenters. The number of hydrogen-bond acceptors (Lipinski definition) is 5. The van der Waals surface area contributed by atoms with E-state index < -0.39 is 21.7 Å². The zero-order valence-corrected chi connectivity index (χ0v) is 16.0. The SMILES string of the molecule is O=C(CCNS(=O)(=O)c1ccc(F)cc1)Nc1nc(-c2ccc(F)cc2)cs1. The highest BCUT2D eigenvalue weighted by atomic mass is 32.2. The summed E-state index contributed by atoms with van der Waals surface area (Å²) in [6.45, 7) is -0.123. The van der Waals surface area contributed by atoms with Crippen molar-refractivity contribution in [1.29, 1.82) is 0 Å². The van der Waals surface area contributed by atoms with Crippen molar-refractivity contribution in [3.8, 4) is 11.3 Å². The highest BCUT2D eigenvalue weighted by Gasteiger charge is 2.15. The molecule has 1 aromatic heterocycles. The fraction of sp³-hybridized carbons (Fsp3) is 0.111. The van der Waals surface area contributed by atoms with Gasteiger partial charge in [-0.2, -0.15) is 0 Å². The molecule has 0 bridgehead atoms. The Morgan fingerprint density at radius 1 is 1.00 bits per heavy atom. The number of benzene rings is 2. The molecular weight excluding hydrogens is 408 g/mol. The van der Waals surface area contributed by atoms with Crippen molar-refractivity contribution >= 4 is 32.4 Å². The van der Waals surface area contributed by atoms with Gasteiger partial charge in [0.2, 0.25) is 15.9 Å². The first-order valence-corrected chi connectivity index (χ1v) is 10.5. The van der Waals surface area contributed by atoms with Gasteiger partial charge in [0, 0.05) is 23.9 Å². The van der Waals surface area contributed by atoms with E-state index in [0.717, 1.165) is 24.3 Å². The lowest BCUT2D eigenvalue weighted by Gasteiger charge is -2.06. The topological polar surface area (TPSA) is 88.2 Å². The maximum Gasteiger partial charge on any atom is 0.240 e. The Balaban J connectivity index is 1.52. The van der Waals surface area contributed by atoms with Gasteiger partial charge in [-0.1, -0.05) is 0 Å². The Hall–Kier alpha value is -2.69. The molecule has 0 aliphatic carbocycles. The van der Waals surface area contributed by atoms with E-state index >= 15 is 0 Å². The molecule has 1 heterocycles. The highest BCUT2D eigenvalue weighted by Crippen LogP contribution is 2.25. The van der Waals surface area contributed by atoms with Gasteiger partial charge in [-0.25, -0.2) is 26.9 Å². The lowest BCUT2D eigenvalue weighted by Crippen LogP contribution is -2.27. The number of anilines is 1. The standard InChI is InChI=1S/C18H15F2N3O3S2/c19-13-3-1-12(2-4-13)16-11-27-18(22-16)23-17(24)9-10-21-28(25,26)15-7-5-14(20)6-8-15/h1-8,11,21H,9-10H2,(H,22,23,24). The first-order valence-electron chi connectivity index (χ1n) is 8.10. The van der Waals surface area contributed by atoms with Crippen LogP contribution in [-0.4, -0.2) is 25.9 Å². The van der Waals surface area contributed by atoms with Crippen molar-refractivity contribution < 1.29 is 22.0 Å². The van der Waals surface area contributed by atoms with Crippen LogP contribution in [0.15, 0.2) is 58.8 Å². The number of aromatic nitrogens is 1. The number of carbonyl (C=O) groups excluding carboxylic acids is 1. The number of carbonyl (C=O) groups is 1. The summed E-state index contributed by atoms with van der Waals surface area (Å²) < 4.78 is 52.3. The third kappa shape index (κ3) is 5.18. The number of hydrogen-bond donors (Lipinski definition) is 2. The van der Waals surface area contributed by atoms with E-state index in [1.165, 1.54) is 23.5 Å². The molecular formula is C18H15F2N3O3S2. The monoisotopic (exact) mass is 423 g/mol. The molecule has 3 rings (SSSR count). The van der Waals surface area contributed by atoms with Crippen LogP contribution in [0.25, 0.3) is 11.3 Å². The lowest BCUT2D eigenvalue weighted by molar-refractivity contribution is -0.116. The molecule has 0 saturated heterocycles. The van der Waals surface area contributed by atoms with E-state index in [2.05, 4.69) is 15.0 Å². The first kappa shape index (κ1) is 20.1. The van der Waals surface area contributed by atoms with E-state index in [1.54, 1.807) is 17.5 Å². The third-order valence-corrected chi connectivity index (χ3v) is 5.89. The summed E-state index contributed by atoms with van der Waals surface area (Å²) in [4.78, 5) is 16.2. The van der Waals surface area contributed by atoms with Gasteiger partial charge in [0.05, 0.1) is 10.6 Å². The minimum atomic E-state index is -3.82. The Morgan fingerprint density at radius 3 is 2.25 bits per heavy atom. The third-order valence-electron chi connectivity index (χ3n) is 3.66. The second-order valence-corrected chi connectivity index (χ2v) is 8.32. The fourth-order valence-electron chi connectivity index (χ4n) is 2.26. The van der Waals surface area contributed by atoms with Gasteiger partial charge < -0.3 is 5.32 Å². The molecule has 0 saturated carbocycles. The molecule has 0 radical (unpaired) electrons. The minimum Gasteiger partial charge on any atom is -0.302 e. The number of rotatable bonds is 7. The van der Waals surface area contributed by atoms with Crippen LogP contribution >= 0.6 is 11.3 Å². The normalized spacial score (nSPS) is 11.4. The summed E-state index contributed by atoms with van der Waals surface area (Å²) in [5.74, 6) is -1.31.